The first-order valence-corrected chi connectivity index (χ1v) is 12.0. The Labute approximate surface area is 191 Å². The van der Waals surface area contributed by atoms with Crippen LogP contribution in [0.2, 0.25) is 0 Å². The molecule has 8 nitrogen and oxygen atoms in total. The first-order valence-electron chi connectivity index (χ1n) is 9.47. The van der Waals surface area contributed by atoms with E-state index in [9.17, 15) is 23.2 Å². The molecule has 1 heterocycles. The van der Waals surface area contributed by atoms with E-state index in [4.69, 9.17) is 4.74 Å². The molecule has 32 heavy (non-hydrogen) atoms. The first kappa shape index (κ1) is 24.3. The number of ether oxygens (including phenoxy) is 1. The van der Waals surface area contributed by atoms with E-state index in [-0.39, 0.29) is 18.6 Å². The van der Waals surface area contributed by atoms with E-state index in [1.165, 1.54) is 13.2 Å². The van der Waals surface area contributed by atoms with Gasteiger partial charge >= 0.3 is 19.6 Å². The molecule has 0 aromatic heterocycles. The summed E-state index contributed by atoms with van der Waals surface area (Å²) in [6.07, 6.45) is -0.0282. The molecule has 2 aromatic rings. The number of methoxy groups -OCH3 is 1. The van der Waals surface area contributed by atoms with Crippen LogP contribution in [0.15, 0.2) is 46.9 Å². The second-order valence-electron chi connectivity index (χ2n) is 7.19. The lowest BCUT2D eigenvalue weighted by Gasteiger charge is -2.24. The van der Waals surface area contributed by atoms with Crippen molar-refractivity contribution in [1.29, 1.82) is 0 Å². The number of halogens is 3. The number of amides is 2. The molecule has 0 radical (unpaired) electrons. The molecule has 12 heteroatoms. The highest BCUT2D eigenvalue weighted by Gasteiger charge is 2.32. The fourth-order valence-electron chi connectivity index (χ4n) is 3.41. The van der Waals surface area contributed by atoms with Crippen LogP contribution in [0.25, 0.3) is 0 Å². The zero-order chi connectivity index (χ0) is 23.3. The molecule has 0 aliphatic carbocycles. The van der Waals surface area contributed by atoms with Gasteiger partial charge in [-0.1, -0.05) is 40.2 Å². The van der Waals surface area contributed by atoms with Crippen molar-refractivity contribution in [2.24, 2.45) is 0 Å². The molecule has 1 unspecified atom stereocenters. The van der Waals surface area contributed by atoms with E-state index in [1.807, 2.05) is 12.1 Å². The van der Waals surface area contributed by atoms with Crippen LogP contribution in [0.4, 0.5) is 13.8 Å². The van der Waals surface area contributed by atoms with Crippen LogP contribution in [0, 0.1) is 0 Å². The van der Waals surface area contributed by atoms with Gasteiger partial charge in [0.2, 0.25) is 0 Å². The van der Waals surface area contributed by atoms with E-state index in [2.05, 4.69) is 30.7 Å². The summed E-state index contributed by atoms with van der Waals surface area (Å²) >= 11 is 3.28. The smallest absolute Gasteiger partial charge is 0.399 e. The molecule has 3 rings (SSSR count). The molecule has 2 aromatic carbocycles. The summed E-state index contributed by atoms with van der Waals surface area (Å²) in [6.45, 7) is 0.744. The van der Waals surface area contributed by atoms with Crippen molar-refractivity contribution in [3.05, 3.63) is 69.2 Å². The van der Waals surface area contributed by atoms with Crippen LogP contribution >= 0.6 is 23.5 Å². The van der Waals surface area contributed by atoms with Crippen molar-refractivity contribution in [3.8, 4) is 0 Å². The van der Waals surface area contributed by atoms with Crippen LogP contribution in [-0.4, -0.2) is 36.6 Å². The minimum atomic E-state index is -4.51. The summed E-state index contributed by atoms with van der Waals surface area (Å²) < 4.78 is 47.8. The summed E-state index contributed by atoms with van der Waals surface area (Å²) in [5.74, 6) is -0.419. The maximum atomic E-state index is 12.4. The third-order valence-electron chi connectivity index (χ3n) is 5.08. The van der Waals surface area contributed by atoms with E-state index < -0.39 is 19.7 Å². The molecular weight excluding hydrogens is 513 g/mol. The number of esters is 1. The second kappa shape index (κ2) is 10.5. The molecule has 1 aliphatic rings. The van der Waals surface area contributed by atoms with Gasteiger partial charge in [0.1, 0.15) is 0 Å². The molecule has 1 N–H and O–H groups in total. The monoisotopic (exact) mass is 532 g/mol. The third-order valence-corrected chi connectivity index (χ3v) is 6.97. The Bertz CT molecular complexity index is 1030. The molecule has 1 fully saturated rings. The first-order chi connectivity index (χ1) is 15.3. The second-order valence-corrected chi connectivity index (χ2v) is 9.86. The molecule has 0 bridgehead atoms. The van der Waals surface area contributed by atoms with E-state index in [1.54, 1.807) is 29.2 Å². The molecular formula is C20H20BrF2N2O6P. The zero-order valence-electron chi connectivity index (χ0n) is 16.9. The molecule has 1 aliphatic heterocycles. The topological polar surface area (TPSA) is 94.2 Å². The molecule has 1 atom stereocenters. The fraction of sp³-hybridized carbons (Fsp3) is 0.300. The van der Waals surface area contributed by atoms with Gasteiger partial charge in [-0.15, -0.1) is 9.46 Å². The van der Waals surface area contributed by atoms with E-state index in [0.29, 0.717) is 28.6 Å². The van der Waals surface area contributed by atoms with Gasteiger partial charge in [0, 0.05) is 17.6 Å². The Kier molecular flexibility index (Phi) is 8.00. The number of urea groups is 1. The van der Waals surface area contributed by atoms with Crippen molar-refractivity contribution in [1.82, 2.24) is 10.2 Å². The van der Waals surface area contributed by atoms with Crippen LogP contribution < -0.4 is 5.32 Å². The Morgan fingerprint density at radius 2 is 1.84 bits per heavy atom. The highest BCUT2D eigenvalue weighted by Crippen LogP contribution is 2.53. The van der Waals surface area contributed by atoms with Gasteiger partial charge in [-0.25, -0.2) is 9.59 Å². The lowest BCUT2D eigenvalue weighted by atomic mass is 10.0. The van der Waals surface area contributed by atoms with Crippen molar-refractivity contribution in [2.75, 3.05) is 13.7 Å². The lowest BCUT2D eigenvalue weighted by Crippen LogP contribution is -2.35. The SMILES string of the molecule is COC(=O)c1ccc(CC2CNC(=O)N2Cc2ccc(CP(=O)(OF)OF)c(Br)c2)cc1. The summed E-state index contributed by atoms with van der Waals surface area (Å²) in [7, 11) is -3.20. The summed E-state index contributed by atoms with van der Waals surface area (Å²) in [5, 5.41) is 2.82. The Morgan fingerprint density at radius 3 is 2.44 bits per heavy atom. The number of hydrogen-bond acceptors (Lipinski definition) is 6. The predicted molar refractivity (Wildman–Crippen MR) is 114 cm³/mol. The number of carbonyl (C=O) groups is 2. The van der Waals surface area contributed by atoms with Crippen molar-refractivity contribution in [3.63, 3.8) is 0 Å². The highest BCUT2D eigenvalue weighted by atomic mass is 79.9. The Hall–Kier alpha value is -2.33. The molecule has 0 spiro atoms. The predicted octanol–water partition coefficient (Wildman–Crippen LogP) is 4.87. The van der Waals surface area contributed by atoms with E-state index >= 15 is 0 Å². The van der Waals surface area contributed by atoms with Gasteiger partial charge in [-0.05, 0) is 50.4 Å². The van der Waals surface area contributed by atoms with Gasteiger partial charge in [-0.3, -0.25) is 4.57 Å². The van der Waals surface area contributed by atoms with Gasteiger partial charge in [0.15, 0.2) is 0 Å². The fourth-order valence-corrected chi connectivity index (χ4v) is 5.01. The highest BCUT2D eigenvalue weighted by molar-refractivity contribution is 9.10. The summed E-state index contributed by atoms with van der Waals surface area (Å²) in [4.78, 5) is 25.6. The third kappa shape index (κ3) is 5.72. The Morgan fingerprint density at radius 1 is 1.19 bits per heavy atom. The molecule has 1 saturated heterocycles. The van der Waals surface area contributed by atoms with Crippen LogP contribution in [0.5, 0.6) is 0 Å². The average molecular weight is 533 g/mol. The maximum Gasteiger partial charge on any atom is 0.399 e. The van der Waals surface area contributed by atoms with Gasteiger partial charge < -0.3 is 15.0 Å². The van der Waals surface area contributed by atoms with Crippen LogP contribution in [-0.2, 0) is 37.9 Å². The number of rotatable bonds is 9. The number of carbonyl (C=O) groups excluding carboxylic acids is 2. The standard InChI is InChI=1S/C20H20BrF2N2O6P/c1-29-19(26)15-5-2-13(3-6-15)8-17-10-24-20(27)25(17)11-14-4-7-16(18(21)9-14)12-32(28,30-22)31-23/h2-7,9,17H,8,10-12H2,1H3,(H,24,27). The number of benzene rings is 2. The number of hydrogen-bond donors (Lipinski definition) is 1. The molecule has 2 amide bonds. The van der Waals surface area contributed by atoms with Crippen LogP contribution in [0.1, 0.15) is 27.0 Å². The summed E-state index contributed by atoms with van der Waals surface area (Å²) in [6, 6.07) is 11.5. The molecule has 172 valence electrons. The molecule has 0 saturated carbocycles. The van der Waals surface area contributed by atoms with Gasteiger partial charge in [0.25, 0.3) is 0 Å². The average Bonchev–Trinajstić information content (AvgIpc) is 3.14. The Balaban J connectivity index is 1.70. The minimum Gasteiger partial charge on any atom is -0.465 e. The van der Waals surface area contributed by atoms with Crippen LogP contribution in [0.3, 0.4) is 0 Å². The van der Waals surface area contributed by atoms with Crippen molar-refractivity contribution in [2.45, 2.75) is 25.2 Å². The normalized spacial score (nSPS) is 16.2. The number of nitrogens with zero attached hydrogens (tertiary/aromatic N) is 1. The maximum absolute atomic E-state index is 12.4. The van der Waals surface area contributed by atoms with Gasteiger partial charge in [-0.2, -0.15) is 0 Å². The van der Waals surface area contributed by atoms with Gasteiger partial charge in [0.05, 0.1) is 24.9 Å². The quantitative estimate of drug-likeness (QED) is 0.366. The minimum absolute atomic E-state index is 0.120. The van der Waals surface area contributed by atoms with E-state index in [0.717, 1.165) is 11.1 Å². The largest absolute Gasteiger partial charge is 0.465 e. The summed E-state index contributed by atoms with van der Waals surface area (Å²) in [5.41, 5.74) is 2.47. The number of nitrogens with one attached hydrogen (secondary N) is 1. The van der Waals surface area contributed by atoms with Crippen molar-refractivity contribution < 1.29 is 37.4 Å². The zero-order valence-corrected chi connectivity index (χ0v) is 19.4. The lowest BCUT2D eigenvalue weighted by molar-refractivity contribution is -0.0881. The van der Waals surface area contributed by atoms with Crippen molar-refractivity contribution >= 4 is 35.5 Å².